The van der Waals surface area contributed by atoms with Gasteiger partial charge in [0.25, 0.3) is 0 Å². The van der Waals surface area contributed by atoms with Crippen LogP contribution in [0.3, 0.4) is 0 Å². The molecule has 0 spiro atoms. The number of nitrogens with zero attached hydrogens (tertiary/aromatic N) is 1. The maximum absolute atomic E-state index is 12.1. The second kappa shape index (κ2) is 4.96. The fourth-order valence-electron chi connectivity index (χ4n) is 2.42. The van der Waals surface area contributed by atoms with E-state index in [1.165, 1.54) is 0 Å². The Kier molecular flexibility index (Phi) is 3.80. The summed E-state index contributed by atoms with van der Waals surface area (Å²) in [4.78, 5) is 14.1. The highest BCUT2D eigenvalue weighted by atomic mass is 32.2. The van der Waals surface area contributed by atoms with Gasteiger partial charge in [-0.05, 0) is 33.6 Å². The summed E-state index contributed by atoms with van der Waals surface area (Å²) in [5.74, 6) is 0.333. The number of hydrogen-bond donors (Lipinski definition) is 0. The fourth-order valence-corrected chi connectivity index (χ4v) is 3.86. The Labute approximate surface area is 102 Å². The number of thioether (sulfide) groups is 1. The molecule has 4 heteroatoms. The van der Waals surface area contributed by atoms with E-state index in [0.717, 1.165) is 26.0 Å². The van der Waals surface area contributed by atoms with E-state index < -0.39 is 0 Å². The molecule has 1 amide bonds. The van der Waals surface area contributed by atoms with Crippen LogP contribution in [0.15, 0.2) is 0 Å². The average Bonchev–Trinajstić information content (AvgIpc) is 2.76. The van der Waals surface area contributed by atoms with E-state index >= 15 is 0 Å². The number of carbonyl (C=O) groups is 1. The van der Waals surface area contributed by atoms with Crippen LogP contribution in [0.5, 0.6) is 0 Å². The Morgan fingerprint density at radius 3 is 2.69 bits per heavy atom. The van der Waals surface area contributed by atoms with Crippen molar-refractivity contribution in [3.63, 3.8) is 0 Å². The van der Waals surface area contributed by atoms with E-state index in [1.54, 1.807) is 0 Å². The molecule has 2 aliphatic rings. The summed E-state index contributed by atoms with van der Waals surface area (Å²) in [5, 5.41) is 0.692. The third kappa shape index (κ3) is 2.38. The molecular weight excluding hydrogens is 222 g/mol. The van der Waals surface area contributed by atoms with Crippen molar-refractivity contribution in [2.75, 3.05) is 13.2 Å². The van der Waals surface area contributed by atoms with Crippen molar-refractivity contribution in [3.05, 3.63) is 0 Å². The molecule has 92 valence electrons. The Morgan fingerprint density at radius 1 is 1.44 bits per heavy atom. The highest BCUT2D eigenvalue weighted by Gasteiger charge is 2.37. The monoisotopic (exact) mass is 243 g/mol. The smallest absolute Gasteiger partial charge is 0.235 e. The molecule has 0 aromatic carbocycles. The second-order valence-corrected chi connectivity index (χ2v) is 6.39. The molecule has 3 atom stereocenters. The number of likely N-dealkylation sites (tertiary alicyclic amines) is 1. The van der Waals surface area contributed by atoms with E-state index in [4.69, 9.17) is 4.74 Å². The maximum Gasteiger partial charge on any atom is 0.235 e. The molecule has 2 rings (SSSR count). The Balaban J connectivity index is 1.89. The van der Waals surface area contributed by atoms with Gasteiger partial charge in [-0.25, -0.2) is 0 Å². The summed E-state index contributed by atoms with van der Waals surface area (Å²) >= 11 is 1.84. The maximum atomic E-state index is 12.1. The van der Waals surface area contributed by atoms with Gasteiger partial charge in [0.2, 0.25) is 5.91 Å². The number of hydrogen-bond acceptors (Lipinski definition) is 3. The van der Waals surface area contributed by atoms with Crippen LogP contribution in [0, 0.1) is 0 Å². The van der Waals surface area contributed by atoms with Crippen molar-refractivity contribution in [2.45, 2.75) is 56.3 Å². The zero-order chi connectivity index (χ0) is 11.7. The average molecular weight is 243 g/mol. The summed E-state index contributed by atoms with van der Waals surface area (Å²) in [6.45, 7) is 8.08. The van der Waals surface area contributed by atoms with Crippen LogP contribution in [0.2, 0.25) is 0 Å². The molecule has 0 radical (unpaired) electrons. The van der Waals surface area contributed by atoms with Crippen molar-refractivity contribution < 1.29 is 9.53 Å². The van der Waals surface area contributed by atoms with Gasteiger partial charge in [-0.3, -0.25) is 4.79 Å². The molecule has 0 N–H and O–H groups in total. The molecule has 2 saturated heterocycles. The van der Waals surface area contributed by atoms with Crippen LogP contribution >= 0.6 is 11.8 Å². The lowest BCUT2D eigenvalue weighted by molar-refractivity contribution is -0.128. The lowest BCUT2D eigenvalue weighted by atomic mass is 10.3. The first-order chi connectivity index (χ1) is 7.59. The lowest BCUT2D eigenvalue weighted by Gasteiger charge is -2.22. The number of carbonyl (C=O) groups excluding carboxylic acids is 1. The minimum Gasteiger partial charge on any atom is -0.377 e. The molecule has 16 heavy (non-hydrogen) atoms. The molecule has 3 nitrogen and oxygen atoms in total. The zero-order valence-electron chi connectivity index (χ0n) is 10.3. The van der Waals surface area contributed by atoms with Crippen molar-refractivity contribution in [1.29, 1.82) is 0 Å². The highest BCUT2D eigenvalue weighted by Crippen LogP contribution is 2.34. The predicted molar refractivity (Wildman–Crippen MR) is 66.7 cm³/mol. The van der Waals surface area contributed by atoms with Crippen LogP contribution in [0.25, 0.3) is 0 Å². The normalized spacial score (nSPS) is 35.4. The van der Waals surface area contributed by atoms with E-state index in [1.807, 2.05) is 16.7 Å². The Bertz CT molecular complexity index is 270. The van der Waals surface area contributed by atoms with Gasteiger partial charge in [0.15, 0.2) is 0 Å². The van der Waals surface area contributed by atoms with Gasteiger partial charge in [-0.2, -0.15) is 0 Å². The van der Waals surface area contributed by atoms with Crippen LogP contribution in [-0.4, -0.2) is 46.6 Å². The van der Waals surface area contributed by atoms with Gasteiger partial charge in [0.05, 0.1) is 11.4 Å². The third-order valence-electron chi connectivity index (χ3n) is 3.46. The molecule has 0 bridgehead atoms. The van der Waals surface area contributed by atoms with E-state index in [2.05, 4.69) is 20.8 Å². The summed E-state index contributed by atoms with van der Waals surface area (Å²) < 4.78 is 5.54. The van der Waals surface area contributed by atoms with E-state index in [-0.39, 0.29) is 5.25 Å². The Morgan fingerprint density at radius 2 is 2.19 bits per heavy atom. The number of amides is 1. The topological polar surface area (TPSA) is 29.5 Å². The summed E-state index contributed by atoms with van der Waals surface area (Å²) in [5.41, 5.74) is 0. The third-order valence-corrected chi connectivity index (χ3v) is 5.19. The van der Waals surface area contributed by atoms with Crippen LogP contribution < -0.4 is 0 Å². The first-order valence-corrected chi connectivity index (χ1v) is 7.11. The quantitative estimate of drug-likeness (QED) is 0.758. The fraction of sp³-hybridized carbons (Fsp3) is 0.917. The van der Waals surface area contributed by atoms with Gasteiger partial charge >= 0.3 is 0 Å². The number of ether oxygens (including phenoxy) is 1. The van der Waals surface area contributed by atoms with Crippen molar-refractivity contribution in [1.82, 2.24) is 4.90 Å². The van der Waals surface area contributed by atoms with E-state index in [9.17, 15) is 4.79 Å². The van der Waals surface area contributed by atoms with Gasteiger partial charge in [0, 0.05) is 24.4 Å². The summed E-state index contributed by atoms with van der Waals surface area (Å²) in [6, 6.07) is 0.343. The molecule has 0 aliphatic carbocycles. The predicted octanol–water partition coefficient (Wildman–Crippen LogP) is 1.91. The van der Waals surface area contributed by atoms with Crippen molar-refractivity contribution >= 4 is 17.7 Å². The molecule has 0 aromatic heterocycles. The van der Waals surface area contributed by atoms with Crippen molar-refractivity contribution in [2.24, 2.45) is 0 Å². The largest absolute Gasteiger partial charge is 0.377 e. The van der Waals surface area contributed by atoms with E-state index in [0.29, 0.717) is 23.3 Å². The second-order valence-electron chi connectivity index (χ2n) is 4.94. The van der Waals surface area contributed by atoms with Gasteiger partial charge in [-0.1, -0.05) is 0 Å². The first-order valence-electron chi connectivity index (χ1n) is 6.17. The van der Waals surface area contributed by atoms with Gasteiger partial charge in [-0.15, -0.1) is 11.8 Å². The minimum atomic E-state index is 0.177. The molecule has 2 fully saturated rings. The molecular formula is C12H21NO2S. The van der Waals surface area contributed by atoms with Crippen molar-refractivity contribution in [3.8, 4) is 0 Å². The van der Waals surface area contributed by atoms with Gasteiger partial charge in [0.1, 0.15) is 0 Å². The van der Waals surface area contributed by atoms with Crippen LogP contribution in [-0.2, 0) is 9.53 Å². The summed E-state index contributed by atoms with van der Waals surface area (Å²) in [7, 11) is 0. The van der Waals surface area contributed by atoms with Crippen LogP contribution in [0.4, 0.5) is 0 Å². The lowest BCUT2D eigenvalue weighted by Crippen LogP contribution is -2.35. The summed E-state index contributed by atoms with van der Waals surface area (Å²) in [6.07, 6.45) is 2.41. The molecule has 0 aromatic rings. The Hall–Kier alpha value is -0.220. The highest BCUT2D eigenvalue weighted by molar-refractivity contribution is 8.01. The standard InChI is InChI=1S/C12H21NO2S/c1-8(2)13-6-4-11(12(13)14)16-10-5-7-15-9(10)3/h8-11H,4-7H2,1-3H3/t9-,10+,11-/m1/s1. The number of rotatable bonds is 3. The van der Waals surface area contributed by atoms with Crippen LogP contribution in [0.1, 0.15) is 33.6 Å². The molecule has 2 aliphatic heterocycles. The minimum absolute atomic E-state index is 0.177. The molecule has 2 heterocycles. The molecule has 0 unspecified atom stereocenters. The first kappa shape index (κ1) is 12.2. The SMILES string of the molecule is CC(C)N1CC[C@@H](S[C@H]2CCO[C@@H]2C)C1=O. The zero-order valence-corrected chi connectivity index (χ0v) is 11.1. The molecule has 0 saturated carbocycles. The van der Waals surface area contributed by atoms with Gasteiger partial charge < -0.3 is 9.64 Å².